The molecule has 1 aliphatic rings. The molecule has 1 saturated heterocycles. The van der Waals surface area contributed by atoms with Gasteiger partial charge in [-0.25, -0.2) is 4.39 Å². The molecule has 1 aromatic heterocycles. The van der Waals surface area contributed by atoms with E-state index in [2.05, 4.69) is 23.1 Å². The Hall–Kier alpha value is -1.71. The number of benzene rings is 1. The van der Waals surface area contributed by atoms with Crippen molar-refractivity contribution in [2.75, 3.05) is 25.1 Å². The van der Waals surface area contributed by atoms with E-state index in [-0.39, 0.29) is 27.5 Å². The number of ether oxygens (including phenoxy) is 2. The Balaban J connectivity index is 1.87. The fraction of sp³-hybridized carbons (Fsp3) is 0.429. The number of nitrogens with one attached hydrogen (secondary N) is 1. The number of halogens is 2. The summed E-state index contributed by atoms with van der Waals surface area (Å²) < 4.78 is 43.5. The third-order valence-electron chi connectivity index (χ3n) is 3.41. The molecule has 9 heteroatoms. The first-order valence-corrected chi connectivity index (χ1v) is 7.49. The van der Waals surface area contributed by atoms with Crippen LogP contribution in [0.5, 0.6) is 0 Å². The zero-order valence-corrected chi connectivity index (χ0v) is 12.9. The van der Waals surface area contributed by atoms with Gasteiger partial charge in [-0.15, -0.1) is 12.6 Å². The molecule has 3 rings (SSSR count). The Labute approximate surface area is 135 Å². The van der Waals surface area contributed by atoms with Crippen molar-refractivity contribution in [3.05, 3.63) is 23.3 Å². The van der Waals surface area contributed by atoms with Crippen LogP contribution >= 0.6 is 12.6 Å². The molecule has 6 nitrogen and oxygen atoms in total. The van der Waals surface area contributed by atoms with Crippen molar-refractivity contribution in [1.82, 2.24) is 5.16 Å². The maximum absolute atomic E-state index is 14.1. The largest absolute Gasteiger partial charge is 0.367 e. The lowest BCUT2D eigenvalue weighted by Crippen LogP contribution is -2.05. The van der Waals surface area contributed by atoms with Crippen LogP contribution in [0.4, 0.5) is 14.6 Å². The van der Waals surface area contributed by atoms with E-state index in [0.717, 1.165) is 0 Å². The number of hydrogen-bond donors (Lipinski definition) is 2. The fourth-order valence-corrected chi connectivity index (χ4v) is 2.48. The molecule has 1 fully saturated rings. The Kier molecular flexibility index (Phi) is 4.79. The zero-order valence-electron chi connectivity index (χ0n) is 12.0. The topological polar surface area (TPSA) is 73.6 Å². The quantitative estimate of drug-likeness (QED) is 0.620. The lowest BCUT2D eigenvalue weighted by atomic mass is 10.1. The maximum atomic E-state index is 14.1. The van der Waals surface area contributed by atoms with Gasteiger partial charge in [-0.3, -0.25) is 4.79 Å². The first-order valence-electron chi connectivity index (χ1n) is 7.04. The number of nitrogens with zero attached hydrogens (tertiary/aromatic N) is 1. The highest BCUT2D eigenvalue weighted by molar-refractivity contribution is 7.96. The SMILES string of the molecule is O=C(S)CCCNc1noc2c(F)c(F)c(C3OCCO3)cc12. The molecule has 1 N–H and O–H groups in total. The van der Waals surface area contributed by atoms with Gasteiger partial charge >= 0.3 is 0 Å². The molecule has 1 aliphatic heterocycles. The third kappa shape index (κ3) is 3.31. The summed E-state index contributed by atoms with van der Waals surface area (Å²) in [5.41, 5.74) is -0.318. The lowest BCUT2D eigenvalue weighted by Gasteiger charge is -2.11. The molecule has 0 aliphatic carbocycles. The van der Waals surface area contributed by atoms with E-state index in [1.807, 2.05) is 0 Å². The van der Waals surface area contributed by atoms with Crippen molar-refractivity contribution in [2.45, 2.75) is 19.1 Å². The van der Waals surface area contributed by atoms with Crippen molar-refractivity contribution >= 4 is 34.5 Å². The Morgan fingerprint density at radius 3 is 2.78 bits per heavy atom. The summed E-state index contributed by atoms with van der Waals surface area (Å²) in [5, 5.41) is 6.70. The van der Waals surface area contributed by atoms with Crippen LogP contribution in [-0.2, 0) is 14.3 Å². The van der Waals surface area contributed by atoms with E-state index in [0.29, 0.717) is 32.6 Å². The van der Waals surface area contributed by atoms with Gasteiger partial charge in [0.05, 0.1) is 18.6 Å². The fourth-order valence-electron chi connectivity index (χ4n) is 2.32. The second-order valence-corrected chi connectivity index (χ2v) is 5.50. The van der Waals surface area contributed by atoms with Gasteiger partial charge in [0.15, 0.2) is 23.0 Å². The summed E-state index contributed by atoms with van der Waals surface area (Å²) in [5.74, 6) is -1.94. The zero-order chi connectivity index (χ0) is 16.4. The average molecular weight is 344 g/mol. The van der Waals surface area contributed by atoms with E-state index >= 15 is 0 Å². The minimum absolute atomic E-state index is 0.0377. The third-order valence-corrected chi connectivity index (χ3v) is 3.63. The molecule has 2 aromatic rings. The number of hydrogen-bond acceptors (Lipinski definition) is 6. The van der Waals surface area contributed by atoms with E-state index < -0.39 is 17.9 Å². The van der Waals surface area contributed by atoms with Gasteiger partial charge in [0.1, 0.15) is 0 Å². The molecule has 0 amide bonds. The van der Waals surface area contributed by atoms with Crippen LogP contribution in [0, 0.1) is 11.6 Å². The number of fused-ring (bicyclic) bond motifs is 1. The van der Waals surface area contributed by atoms with Crippen LogP contribution in [0.1, 0.15) is 24.7 Å². The minimum Gasteiger partial charge on any atom is -0.367 e. The second-order valence-electron chi connectivity index (χ2n) is 5.00. The monoisotopic (exact) mass is 344 g/mol. The van der Waals surface area contributed by atoms with Crippen LogP contribution in [-0.4, -0.2) is 30.0 Å². The van der Waals surface area contributed by atoms with Gasteiger partial charge in [0.2, 0.25) is 11.4 Å². The average Bonchev–Trinajstić information content (AvgIpc) is 3.17. The predicted octanol–water partition coefficient (Wildman–Crippen LogP) is 2.80. The molecule has 2 heterocycles. The van der Waals surface area contributed by atoms with Crippen LogP contribution in [0.15, 0.2) is 10.6 Å². The highest BCUT2D eigenvalue weighted by atomic mass is 32.1. The molecule has 0 unspecified atom stereocenters. The summed E-state index contributed by atoms with van der Waals surface area (Å²) >= 11 is 3.67. The van der Waals surface area contributed by atoms with Crippen molar-refractivity contribution in [2.24, 2.45) is 0 Å². The van der Waals surface area contributed by atoms with Gasteiger partial charge in [0.25, 0.3) is 0 Å². The first-order chi connectivity index (χ1) is 11.1. The van der Waals surface area contributed by atoms with Crippen LogP contribution in [0.3, 0.4) is 0 Å². The van der Waals surface area contributed by atoms with Gasteiger partial charge < -0.3 is 19.3 Å². The number of carbonyl (C=O) groups excluding carboxylic acids is 1. The van der Waals surface area contributed by atoms with Crippen molar-refractivity contribution in [3.63, 3.8) is 0 Å². The minimum atomic E-state index is -1.14. The molecule has 124 valence electrons. The number of rotatable bonds is 6. The Bertz CT molecular complexity index is 731. The highest BCUT2D eigenvalue weighted by Gasteiger charge is 2.28. The highest BCUT2D eigenvalue weighted by Crippen LogP contribution is 2.34. The standard InChI is InChI=1S/C14H14F2N2O4S/c15-10-7(14-20-4-5-21-14)6-8-12(11(10)16)22-18-13(8)17-3-1-2-9(19)23/h6,14H,1-5H2,(H,17,18)(H,19,23). The molecule has 0 radical (unpaired) electrons. The van der Waals surface area contributed by atoms with E-state index in [1.165, 1.54) is 6.07 Å². The predicted molar refractivity (Wildman–Crippen MR) is 80.3 cm³/mol. The molecule has 23 heavy (non-hydrogen) atoms. The molecular formula is C14H14F2N2O4S. The van der Waals surface area contributed by atoms with Crippen molar-refractivity contribution in [3.8, 4) is 0 Å². The van der Waals surface area contributed by atoms with Gasteiger partial charge in [-0.2, -0.15) is 4.39 Å². The number of thiol groups is 1. The summed E-state index contributed by atoms with van der Waals surface area (Å²) in [6.45, 7) is 1.05. The number of aromatic nitrogens is 1. The Morgan fingerprint density at radius 2 is 2.09 bits per heavy atom. The van der Waals surface area contributed by atoms with Gasteiger partial charge in [-0.1, -0.05) is 5.16 Å². The van der Waals surface area contributed by atoms with Gasteiger partial charge in [0, 0.05) is 18.5 Å². The van der Waals surface area contributed by atoms with E-state index in [9.17, 15) is 13.6 Å². The van der Waals surface area contributed by atoms with E-state index in [1.54, 1.807) is 0 Å². The number of anilines is 1. The smallest absolute Gasteiger partial charge is 0.207 e. The molecule has 0 saturated carbocycles. The van der Waals surface area contributed by atoms with Crippen molar-refractivity contribution in [1.29, 1.82) is 0 Å². The Morgan fingerprint density at radius 1 is 1.35 bits per heavy atom. The van der Waals surface area contributed by atoms with E-state index in [4.69, 9.17) is 14.0 Å². The van der Waals surface area contributed by atoms with Crippen LogP contribution in [0.2, 0.25) is 0 Å². The lowest BCUT2D eigenvalue weighted by molar-refractivity contribution is -0.110. The van der Waals surface area contributed by atoms with Gasteiger partial charge in [-0.05, 0) is 12.5 Å². The molecule has 0 bridgehead atoms. The molecular weight excluding hydrogens is 330 g/mol. The summed E-state index contributed by atoms with van der Waals surface area (Å²) in [6, 6.07) is 1.40. The summed E-state index contributed by atoms with van der Waals surface area (Å²) in [4.78, 5) is 10.8. The normalized spacial score (nSPS) is 15.4. The first kappa shape index (κ1) is 16.2. The van der Waals surface area contributed by atoms with Crippen LogP contribution in [0.25, 0.3) is 11.0 Å². The maximum Gasteiger partial charge on any atom is 0.207 e. The van der Waals surface area contributed by atoms with Crippen molar-refractivity contribution < 1.29 is 27.6 Å². The second kappa shape index (κ2) is 6.81. The summed E-state index contributed by atoms with van der Waals surface area (Å²) in [7, 11) is 0. The number of carbonyl (C=O) groups is 1. The molecule has 0 atom stereocenters. The molecule has 0 spiro atoms. The summed E-state index contributed by atoms with van der Waals surface area (Å²) in [6.07, 6.45) is -0.121. The molecule has 1 aromatic carbocycles. The van der Waals surface area contributed by atoms with Crippen LogP contribution < -0.4 is 5.32 Å².